The Morgan fingerprint density at radius 2 is 2.22 bits per heavy atom. The third-order valence-corrected chi connectivity index (χ3v) is 5.37. The fraction of sp³-hybridized carbons (Fsp3) is 0.421. The molecular formula is C19H22N2O2. The standard InChI is InChI=1S/C19H22N2O2/c1-3-12-10-15(19(22)23-2)18-17-14(8-9-21(18)11-12)13-6-4-5-7-16(13)20-17/h3-7,15,18,20H,8-11H2,1-2H3/b12-3-/t15-,18-/m0/s1. The molecule has 0 saturated carbocycles. The monoisotopic (exact) mass is 310 g/mol. The normalized spacial score (nSPS) is 26.1. The first-order chi connectivity index (χ1) is 11.2. The molecule has 1 aromatic heterocycles. The van der Waals surface area contributed by atoms with Crippen molar-refractivity contribution in [3.63, 3.8) is 0 Å². The number of methoxy groups -OCH3 is 1. The number of carbonyl (C=O) groups excluding carboxylic acids is 1. The number of fused-ring (bicyclic) bond motifs is 5. The molecule has 2 aromatic rings. The van der Waals surface area contributed by atoms with Gasteiger partial charge in [-0.15, -0.1) is 0 Å². The molecule has 4 nitrogen and oxygen atoms in total. The number of carbonyl (C=O) groups is 1. The first-order valence-corrected chi connectivity index (χ1v) is 8.28. The lowest BCUT2D eigenvalue weighted by molar-refractivity contribution is -0.149. The molecule has 4 heteroatoms. The van der Waals surface area contributed by atoms with Crippen LogP contribution in [-0.2, 0) is 16.0 Å². The Hall–Kier alpha value is -2.07. The van der Waals surface area contributed by atoms with Crippen LogP contribution in [0.25, 0.3) is 10.9 Å². The second-order valence-electron chi connectivity index (χ2n) is 6.51. The third kappa shape index (κ3) is 2.20. The lowest BCUT2D eigenvalue weighted by atomic mass is 9.80. The number of benzene rings is 1. The molecule has 23 heavy (non-hydrogen) atoms. The number of hydrogen-bond acceptors (Lipinski definition) is 3. The van der Waals surface area contributed by atoms with Crippen LogP contribution in [0.2, 0.25) is 0 Å². The Balaban J connectivity index is 1.84. The smallest absolute Gasteiger partial charge is 0.310 e. The number of H-pyrrole nitrogens is 1. The van der Waals surface area contributed by atoms with Gasteiger partial charge in [0, 0.05) is 29.7 Å². The molecule has 4 rings (SSSR count). The SMILES string of the molecule is C/C=C1/C[C@H](C(=O)OC)[C@H]2c3[nH]c4ccccc4c3CCN2C1. The van der Waals surface area contributed by atoms with Gasteiger partial charge in [-0.05, 0) is 31.4 Å². The van der Waals surface area contributed by atoms with Crippen molar-refractivity contribution in [3.05, 3.63) is 47.2 Å². The van der Waals surface area contributed by atoms with Gasteiger partial charge in [0.2, 0.25) is 0 Å². The van der Waals surface area contributed by atoms with E-state index in [9.17, 15) is 4.79 Å². The minimum absolute atomic E-state index is 0.0994. The van der Waals surface area contributed by atoms with Crippen molar-refractivity contribution in [2.24, 2.45) is 5.92 Å². The minimum Gasteiger partial charge on any atom is -0.469 e. The molecule has 2 aliphatic rings. The van der Waals surface area contributed by atoms with Gasteiger partial charge in [-0.25, -0.2) is 0 Å². The number of nitrogens with zero attached hydrogens (tertiary/aromatic N) is 1. The Kier molecular flexibility index (Phi) is 3.49. The van der Waals surface area contributed by atoms with Gasteiger partial charge in [0.1, 0.15) is 0 Å². The summed E-state index contributed by atoms with van der Waals surface area (Å²) in [6.45, 7) is 4.00. The number of esters is 1. The Labute approximate surface area is 136 Å². The zero-order valence-corrected chi connectivity index (χ0v) is 13.6. The maximum absolute atomic E-state index is 12.4. The molecule has 0 bridgehead atoms. The van der Waals surface area contributed by atoms with Crippen molar-refractivity contribution in [1.82, 2.24) is 9.88 Å². The fourth-order valence-corrected chi connectivity index (χ4v) is 4.25. The first kappa shape index (κ1) is 14.5. The number of para-hydroxylation sites is 1. The average molecular weight is 310 g/mol. The summed E-state index contributed by atoms with van der Waals surface area (Å²) in [7, 11) is 1.49. The Morgan fingerprint density at radius 3 is 3.00 bits per heavy atom. The summed E-state index contributed by atoms with van der Waals surface area (Å²) in [5, 5.41) is 1.29. The molecule has 120 valence electrons. The number of hydrogen-bond donors (Lipinski definition) is 1. The average Bonchev–Trinajstić information content (AvgIpc) is 2.98. The summed E-state index contributed by atoms with van der Waals surface area (Å²) in [5.74, 6) is -0.238. The van der Waals surface area contributed by atoms with Gasteiger partial charge in [-0.2, -0.15) is 0 Å². The van der Waals surface area contributed by atoms with Crippen LogP contribution in [0.15, 0.2) is 35.9 Å². The number of ether oxygens (including phenoxy) is 1. The molecule has 0 unspecified atom stereocenters. The fourth-order valence-electron chi connectivity index (χ4n) is 4.25. The highest BCUT2D eigenvalue weighted by Gasteiger charge is 2.43. The molecule has 1 fully saturated rings. The highest BCUT2D eigenvalue weighted by molar-refractivity contribution is 5.85. The molecular weight excluding hydrogens is 288 g/mol. The van der Waals surface area contributed by atoms with E-state index >= 15 is 0 Å². The predicted octanol–water partition coefficient (Wildman–Crippen LogP) is 3.21. The highest BCUT2D eigenvalue weighted by Crippen LogP contribution is 2.44. The highest BCUT2D eigenvalue weighted by atomic mass is 16.5. The molecule has 2 aliphatic heterocycles. The second-order valence-corrected chi connectivity index (χ2v) is 6.51. The number of aromatic amines is 1. The third-order valence-electron chi connectivity index (χ3n) is 5.37. The molecule has 1 saturated heterocycles. The van der Waals surface area contributed by atoms with Gasteiger partial charge >= 0.3 is 5.97 Å². The summed E-state index contributed by atoms with van der Waals surface area (Å²) in [5.41, 5.74) is 5.08. The summed E-state index contributed by atoms with van der Waals surface area (Å²) in [4.78, 5) is 18.4. The minimum atomic E-state index is -0.132. The summed E-state index contributed by atoms with van der Waals surface area (Å²) in [6, 6.07) is 8.53. The van der Waals surface area contributed by atoms with Crippen LogP contribution in [0.4, 0.5) is 0 Å². The molecule has 1 N–H and O–H groups in total. The Bertz CT molecular complexity index is 790. The lowest BCUT2D eigenvalue weighted by Gasteiger charge is -2.43. The van der Waals surface area contributed by atoms with Crippen LogP contribution in [0.3, 0.4) is 0 Å². The maximum Gasteiger partial charge on any atom is 0.310 e. The van der Waals surface area contributed by atoms with E-state index in [-0.39, 0.29) is 17.9 Å². The van der Waals surface area contributed by atoms with Crippen LogP contribution in [0.5, 0.6) is 0 Å². The zero-order valence-electron chi connectivity index (χ0n) is 13.6. The lowest BCUT2D eigenvalue weighted by Crippen LogP contribution is -2.46. The van der Waals surface area contributed by atoms with Crippen LogP contribution in [-0.4, -0.2) is 36.1 Å². The van der Waals surface area contributed by atoms with Crippen molar-refractivity contribution in [1.29, 1.82) is 0 Å². The van der Waals surface area contributed by atoms with Crippen molar-refractivity contribution in [2.75, 3.05) is 20.2 Å². The van der Waals surface area contributed by atoms with E-state index in [0.29, 0.717) is 0 Å². The van der Waals surface area contributed by atoms with E-state index < -0.39 is 0 Å². The van der Waals surface area contributed by atoms with Gasteiger partial charge in [0.15, 0.2) is 0 Å². The molecule has 3 heterocycles. The van der Waals surface area contributed by atoms with Gasteiger partial charge in [0.25, 0.3) is 0 Å². The van der Waals surface area contributed by atoms with Crippen LogP contribution in [0, 0.1) is 5.92 Å². The summed E-state index contributed by atoms with van der Waals surface area (Å²) in [6.07, 6.45) is 3.97. The number of piperidine rings is 1. The second kappa shape index (κ2) is 5.53. The zero-order chi connectivity index (χ0) is 16.0. The Morgan fingerprint density at radius 1 is 1.39 bits per heavy atom. The maximum atomic E-state index is 12.4. The molecule has 0 aliphatic carbocycles. The topological polar surface area (TPSA) is 45.3 Å². The van der Waals surface area contributed by atoms with Crippen LogP contribution >= 0.6 is 0 Å². The number of allylic oxidation sites excluding steroid dienone is 1. The van der Waals surface area contributed by atoms with E-state index in [1.165, 1.54) is 34.8 Å². The van der Waals surface area contributed by atoms with E-state index in [0.717, 1.165) is 25.9 Å². The number of rotatable bonds is 1. The molecule has 0 spiro atoms. The number of nitrogens with one attached hydrogen (secondary N) is 1. The molecule has 1 aromatic carbocycles. The number of aromatic nitrogens is 1. The van der Waals surface area contributed by atoms with Gasteiger partial charge in [-0.3, -0.25) is 9.69 Å². The van der Waals surface area contributed by atoms with Gasteiger partial charge < -0.3 is 9.72 Å². The van der Waals surface area contributed by atoms with Crippen molar-refractivity contribution in [2.45, 2.75) is 25.8 Å². The van der Waals surface area contributed by atoms with Crippen molar-refractivity contribution < 1.29 is 9.53 Å². The van der Waals surface area contributed by atoms with E-state index in [1.807, 2.05) is 0 Å². The predicted molar refractivity (Wildman–Crippen MR) is 90.2 cm³/mol. The molecule has 0 radical (unpaired) electrons. The van der Waals surface area contributed by atoms with Gasteiger partial charge in [-0.1, -0.05) is 29.8 Å². The van der Waals surface area contributed by atoms with E-state index in [2.05, 4.69) is 47.1 Å². The van der Waals surface area contributed by atoms with Crippen LogP contribution < -0.4 is 0 Å². The van der Waals surface area contributed by atoms with Crippen molar-refractivity contribution >= 4 is 16.9 Å². The quantitative estimate of drug-likeness (QED) is 0.650. The largest absolute Gasteiger partial charge is 0.469 e. The van der Waals surface area contributed by atoms with Gasteiger partial charge in [0.05, 0.1) is 19.1 Å². The van der Waals surface area contributed by atoms with Crippen molar-refractivity contribution in [3.8, 4) is 0 Å². The van der Waals surface area contributed by atoms with E-state index in [4.69, 9.17) is 4.74 Å². The van der Waals surface area contributed by atoms with Crippen LogP contribution in [0.1, 0.15) is 30.6 Å². The molecule has 0 amide bonds. The first-order valence-electron chi connectivity index (χ1n) is 8.28. The summed E-state index contributed by atoms with van der Waals surface area (Å²) < 4.78 is 5.11. The summed E-state index contributed by atoms with van der Waals surface area (Å²) >= 11 is 0. The van der Waals surface area contributed by atoms with E-state index in [1.54, 1.807) is 0 Å². The molecule has 2 atom stereocenters.